The van der Waals surface area contributed by atoms with E-state index in [0.717, 1.165) is 19.3 Å². The van der Waals surface area contributed by atoms with Crippen molar-refractivity contribution in [3.05, 3.63) is 35.9 Å². The Morgan fingerprint density at radius 3 is 1.98 bits per heavy atom. The van der Waals surface area contributed by atoms with Crippen LogP contribution in [0.5, 0.6) is 0 Å². The van der Waals surface area contributed by atoms with E-state index in [-0.39, 0.29) is 21.5 Å². The molecule has 8 heteroatoms. The third-order valence-electron chi connectivity index (χ3n) is 9.33. The summed E-state index contributed by atoms with van der Waals surface area (Å²) in [5.41, 5.74) is 0.488. The Labute approximate surface area is 248 Å². The van der Waals surface area contributed by atoms with Crippen LogP contribution in [0.4, 0.5) is 0 Å². The van der Waals surface area contributed by atoms with Crippen LogP contribution < -0.4 is 5.32 Å². The highest BCUT2D eigenvalue weighted by Crippen LogP contribution is 2.60. The van der Waals surface area contributed by atoms with E-state index in [1.165, 1.54) is 70.6 Å². The van der Waals surface area contributed by atoms with Crippen LogP contribution in [0.25, 0.3) is 0 Å². The molecule has 1 amide bonds. The van der Waals surface area contributed by atoms with Gasteiger partial charge in [-0.2, -0.15) is 12.3 Å². The van der Waals surface area contributed by atoms with Gasteiger partial charge in [-0.3, -0.25) is 9.59 Å². The Kier molecular flexibility index (Phi) is 13.0. The molecule has 1 saturated heterocycles. The van der Waals surface area contributed by atoms with Crippen LogP contribution >= 0.6 is 11.6 Å². The number of nitrogens with one attached hydrogen (secondary N) is 1. The molecular weight excluding hydrogens is 544 g/mol. The van der Waals surface area contributed by atoms with Gasteiger partial charge in [-0.25, -0.2) is 0 Å². The Morgan fingerprint density at radius 2 is 1.43 bits per heavy atom. The summed E-state index contributed by atoms with van der Waals surface area (Å²) in [6, 6.07) is 8.26. The number of unbranched alkanes of at least 4 members (excludes halogenated alkanes) is 13. The predicted molar refractivity (Wildman–Crippen MR) is 164 cm³/mol. The molecule has 0 radical (unpaired) electrons. The number of halogens is 1. The van der Waals surface area contributed by atoms with E-state index >= 15 is 0 Å². The third kappa shape index (κ3) is 8.10. The molecule has 1 aliphatic carbocycles. The van der Waals surface area contributed by atoms with Gasteiger partial charge in [-0.15, -0.1) is 11.6 Å². The standard InChI is InChI=1S/C32H51ClN2O4S/c1-3-4-5-6-7-8-9-10-11-12-13-14-15-19-24-35(2)32(40(35,38)39)23-22-28(33)29(26-32)34-31(37)25-30(36)27-20-17-16-18-21-27/h16-18,20-21,28-29H,3-15,19,22-26H2,1-2H3/p+1. The van der Waals surface area contributed by atoms with E-state index < -0.39 is 26.8 Å². The second-order valence-corrected chi connectivity index (χ2v) is 15.3. The zero-order chi connectivity index (χ0) is 29.1. The fraction of sp³-hybridized carbons (Fsp3) is 0.750. The van der Waals surface area contributed by atoms with E-state index in [2.05, 4.69) is 12.2 Å². The SMILES string of the molecule is CCCCCCCCCCCCCCCC[N+]1(C)C2(CCC(Cl)C(NC(=O)CC(=O)c3ccccc3)C2)S1(=O)=O. The van der Waals surface area contributed by atoms with E-state index in [1.807, 2.05) is 13.1 Å². The van der Waals surface area contributed by atoms with Crippen LogP contribution in [-0.2, 0) is 14.8 Å². The number of carbonyl (C=O) groups excluding carboxylic acids is 2. The summed E-state index contributed by atoms with van der Waals surface area (Å²) in [5.74, 6) is -0.659. The number of rotatable bonds is 19. The predicted octanol–water partition coefficient (Wildman–Crippen LogP) is 7.50. The molecule has 0 bridgehead atoms. The first-order chi connectivity index (χ1) is 19.2. The third-order valence-corrected chi connectivity index (χ3v) is 13.0. The lowest BCUT2D eigenvalue weighted by Gasteiger charge is -2.31. The molecule has 2 fully saturated rings. The maximum Gasteiger partial charge on any atom is 0.356 e. The monoisotopic (exact) mass is 595 g/mol. The molecule has 1 aromatic rings. The second-order valence-electron chi connectivity index (χ2n) is 12.2. The number of nitrogens with zero attached hydrogens (tertiary/aromatic N) is 1. The zero-order valence-electron chi connectivity index (χ0n) is 24.8. The molecule has 226 valence electrons. The Hall–Kier alpha value is -1.44. The summed E-state index contributed by atoms with van der Waals surface area (Å²) in [6.45, 7) is 2.87. The minimum Gasteiger partial charge on any atom is -0.351 e. The maximum absolute atomic E-state index is 13.3. The molecule has 1 spiro atoms. The summed E-state index contributed by atoms with van der Waals surface area (Å²) in [5, 5.41) is 2.55. The summed E-state index contributed by atoms with van der Waals surface area (Å²) in [6.07, 6.45) is 18.9. The first-order valence-corrected chi connectivity index (χ1v) is 17.7. The van der Waals surface area contributed by atoms with Gasteiger partial charge in [0.25, 0.3) is 4.87 Å². The van der Waals surface area contributed by atoms with Crippen molar-refractivity contribution in [3.8, 4) is 0 Å². The Bertz CT molecular complexity index is 1050. The largest absolute Gasteiger partial charge is 0.356 e. The van der Waals surface area contributed by atoms with Gasteiger partial charge < -0.3 is 5.32 Å². The zero-order valence-corrected chi connectivity index (χ0v) is 26.4. The number of carbonyl (C=O) groups is 2. The number of sulfonamides is 1. The molecule has 0 aromatic heterocycles. The topological polar surface area (TPSA) is 80.3 Å². The number of benzene rings is 1. The number of alkyl halides is 1. The number of hydrogen-bond acceptors (Lipinski definition) is 4. The molecule has 2 aliphatic rings. The molecule has 4 atom stereocenters. The van der Waals surface area contributed by atoms with E-state index in [1.54, 1.807) is 24.3 Å². The number of quaternary nitrogens is 1. The van der Waals surface area contributed by atoms with Crippen molar-refractivity contribution in [3.63, 3.8) is 0 Å². The molecular formula is C32H52ClN2O4S+. The van der Waals surface area contributed by atoms with Crippen molar-refractivity contribution < 1.29 is 21.9 Å². The average Bonchev–Trinajstić information content (AvgIpc) is 3.29. The normalized spacial score (nSPS) is 27.0. The van der Waals surface area contributed by atoms with Crippen molar-refractivity contribution >= 4 is 33.3 Å². The van der Waals surface area contributed by atoms with Crippen molar-refractivity contribution in [1.29, 1.82) is 0 Å². The molecule has 1 N–H and O–H groups in total. The molecule has 1 aromatic carbocycles. The Morgan fingerprint density at radius 1 is 0.900 bits per heavy atom. The second kappa shape index (κ2) is 15.7. The van der Waals surface area contributed by atoms with Gasteiger partial charge in [0.1, 0.15) is 0 Å². The van der Waals surface area contributed by atoms with Gasteiger partial charge in [0.15, 0.2) is 5.78 Å². The number of amides is 1. The lowest BCUT2D eigenvalue weighted by atomic mass is 9.89. The van der Waals surface area contributed by atoms with Gasteiger partial charge in [0.05, 0.1) is 31.4 Å². The number of Topliss-reactive ketones (excluding diaryl/α,β-unsaturated/α-hetero) is 1. The van der Waals surface area contributed by atoms with Crippen LogP contribution in [-0.4, -0.2) is 53.9 Å². The molecule has 6 nitrogen and oxygen atoms in total. The fourth-order valence-corrected chi connectivity index (χ4v) is 9.69. The van der Waals surface area contributed by atoms with Gasteiger partial charge in [0.2, 0.25) is 5.91 Å². The summed E-state index contributed by atoms with van der Waals surface area (Å²) in [7, 11) is -1.50. The molecule has 40 heavy (non-hydrogen) atoms. The quantitative estimate of drug-likeness (QED) is 0.0448. The highest BCUT2D eigenvalue weighted by atomic mass is 35.5. The highest BCUT2D eigenvalue weighted by Gasteiger charge is 2.84. The van der Waals surface area contributed by atoms with Gasteiger partial charge in [0, 0.05) is 18.4 Å². The molecule has 1 saturated carbocycles. The summed E-state index contributed by atoms with van der Waals surface area (Å²) < 4.78 is 26.7. The minimum absolute atomic E-state index is 0.0528. The van der Waals surface area contributed by atoms with Crippen molar-refractivity contribution in [2.75, 3.05) is 13.6 Å². The summed E-state index contributed by atoms with van der Waals surface area (Å²) in [4.78, 5) is 24.2. The van der Waals surface area contributed by atoms with Crippen molar-refractivity contribution in [1.82, 2.24) is 5.32 Å². The first kappa shape index (κ1) is 33.1. The lowest BCUT2D eigenvalue weighted by molar-refractivity contribution is -0.756. The number of hydrogen-bond donors (Lipinski definition) is 1. The van der Waals surface area contributed by atoms with E-state index in [9.17, 15) is 18.0 Å². The highest BCUT2D eigenvalue weighted by molar-refractivity contribution is 7.92. The molecule has 4 unspecified atom stereocenters. The molecule has 1 heterocycles. The van der Waals surface area contributed by atoms with Crippen LogP contribution in [0, 0.1) is 0 Å². The summed E-state index contributed by atoms with van der Waals surface area (Å²) >= 11 is 6.56. The van der Waals surface area contributed by atoms with Crippen LogP contribution in [0.1, 0.15) is 133 Å². The van der Waals surface area contributed by atoms with Gasteiger partial charge in [-0.1, -0.05) is 114 Å². The fourth-order valence-electron chi connectivity index (χ4n) is 6.62. The van der Waals surface area contributed by atoms with Gasteiger partial charge in [-0.05, 0) is 19.3 Å². The van der Waals surface area contributed by atoms with Gasteiger partial charge >= 0.3 is 10.0 Å². The minimum atomic E-state index is -3.34. The van der Waals surface area contributed by atoms with Crippen LogP contribution in [0.3, 0.4) is 0 Å². The number of ketones is 1. The lowest BCUT2D eigenvalue weighted by Crippen LogP contribution is -2.50. The van der Waals surface area contributed by atoms with Crippen molar-refractivity contribution in [2.24, 2.45) is 0 Å². The maximum atomic E-state index is 13.3. The van der Waals surface area contributed by atoms with E-state index in [4.69, 9.17) is 11.6 Å². The smallest absolute Gasteiger partial charge is 0.351 e. The average molecular weight is 596 g/mol. The van der Waals surface area contributed by atoms with Crippen molar-refractivity contribution in [2.45, 2.75) is 139 Å². The molecule has 3 rings (SSSR count). The van der Waals surface area contributed by atoms with Crippen LogP contribution in [0.2, 0.25) is 0 Å². The van der Waals surface area contributed by atoms with E-state index in [0.29, 0.717) is 31.4 Å². The Balaban J connectivity index is 1.35. The molecule has 1 aliphatic heterocycles. The first-order valence-electron chi connectivity index (χ1n) is 15.8. The van der Waals surface area contributed by atoms with Crippen LogP contribution in [0.15, 0.2) is 30.3 Å².